The molecule has 0 fully saturated rings. The zero-order valence-corrected chi connectivity index (χ0v) is 12.5. The standard InChI is InChI=1S/C12H17N2O5P/c1-8(2)18-12(15)9(3)13-20-19-11-6-4-10(5-7-11)14(16)17/h4-9,13,20H,1-3H3. The van der Waals surface area contributed by atoms with Gasteiger partial charge in [0.25, 0.3) is 5.69 Å². The van der Waals surface area contributed by atoms with E-state index >= 15 is 0 Å². The Bertz CT molecular complexity index is 463. The van der Waals surface area contributed by atoms with Gasteiger partial charge in [-0.2, -0.15) is 0 Å². The number of benzene rings is 1. The van der Waals surface area contributed by atoms with E-state index in [-0.39, 0.29) is 26.7 Å². The lowest BCUT2D eigenvalue weighted by molar-refractivity contribution is -0.384. The summed E-state index contributed by atoms with van der Waals surface area (Å²) >= 11 is 0. The van der Waals surface area contributed by atoms with Crippen molar-refractivity contribution in [2.75, 3.05) is 0 Å². The van der Waals surface area contributed by atoms with E-state index in [1.165, 1.54) is 24.3 Å². The van der Waals surface area contributed by atoms with Crippen LogP contribution in [0.25, 0.3) is 0 Å². The SMILES string of the molecule is CC(C)OC(=O)C(C)NPOc1ccc([N+](=O)[O-])cc1. The molecule has 8 heteroatoms. The number of hydrogen-bond acceptors (Lipinski definition) is 6. The van der Waals surface area contributed by atoms with Crippen LogP contribution in [0.5, 0.6) is 5.75 Å². The fourth-order valence-electron chi connectivity index (χ4n) is 1.21. The summed E-state index contributed by atoms with van der Waals surface area (Å²) in [7, 11) is -0.150. The Balaban J connectivity index is 2.36. The van der Waals surface area contributed by atoms with Crippen molar-refractivity contribution < 1.29 is 19.0 Å². The summed E-state index contributed by atoms with van der Waals surface area (Å²) in [5.74, 6) is 0.144. The van der Waals surface area contributed by atoms with Crippen LogP contribution in [0.2, 0.25) is 0 Å². The molecule has 0 bridgehead atoms. The van der Waals surface area contributed by atoms with Crippen LogP contribution in [0.1, 0.15) is 20.8 Å². The lowest BCUT2D eigenvalue weighted by Gasteiger charge is -2.15. The van der Waals surface area contributed by atoms with Crippen LogP contribution in [0, 0.1) is 10.1 Å². The number of ether oxygens (including phenoxy) is 1. The summed E-state index contributed by atoms with van der Waals surface area (Å²) < 4.78 is 10.4. The summed E-state index contributed by atoms with van der Waals surface area (Å²) in [4.78, 5) is 21.5. The van der Waals surface area contributed by atoms with Crippen molar-refractivity contribution in [2.45, 2.75) is 32.9 Å². The van der Waals surface area contributed by atoms with Crippen LogP contribution in [0.4, 0.5) is 5.69 Å². The van der Waals surface area contributed by atoms with Crippen molar-refractivity contribution >= 4 is 20.6 Å². The fraction of sp³-hybridized carbons (Fsp3) is 0.417. The van der Waals surface area contributed by atoms with E-state index in [1.807, 2.05) is 0 Å². The molecular formula is C12H17N2O5P. The number of non-ortho nitro benzene ring substituents is 1. The zero-order valence-electron chi connectivity index (χ0n) is 11.5. The van der Waals surface area contributed by atoms with Gasteiger partial charge in [0.05, 0.1) is 11.0 Å². The van der Waals surface area contributed by atoms with E-state index < -0.39 is 11.0 Å². The van der Waals surface area contributed by atoms with Gasteiger partial charge in [-0.15, -0.1) is 0 Å². The number of nitrogens with one attached hydrogen (secondary N) is 1. The maximum absolute atomic E-state index is 11.5. The van der Waals surface area contributed by atoms with Crippen molar-refractivity contribution in [3.8, 4) is 5.75 Å². The summed E-state index contributed by atoms with van der Waals surface area (Å²) in [6, 6.07) is 5.24. The van der Waals surface area contributed by atoms with E-state index in [9.17, 15) is 14.9 Å². The maximum atomic E-state index is 11.5. The number of nitrogens with zero attached hydrogens (tertiary/aromatic N) is 1. The van der Waals surface area contributed by atoms with E-state index in [2.05, 4.69) is 5.09 Å². The van der Waals surface area contributed by atoms with Gasteiger partial charge in [0.2, 0.25) is 0 Å². The Morgan fingerprint density at radius 3 is 2.40 bits per heavy atom. The van der Waals surface area contributed by atoms with Gasteiger partial charge in [-0.1, -0.05) is 0 Å². The average Bonchev–Trinajstić information content (AvgIpc) is 2.38. The van der Waals surface area contributed by atoms with Crippen molar-refractivity contribution in [1.29, 1.82) is 0 Å². The van der Waals surface area contributed by atoms with Crippen LogP contribution in [0.15, 0.2) is 24.3 Å². The second kappa shape index (κ2) is 7.77. The molecule has 110 valence electrons. The molecule has 0 aliphatic carbocycles. The Hall–Kier alpha value is -1.72. The lowest BCUT2D eigenvalue weighted by atomic mass is 10.3. The van der Waals surface area contributed by atoms with E-state index in [1.54, 1.807) is 20.8 Å². The summed E-state index contributed by atoms with van der Waals surface area (Å²) in [5.41, 5.74) is 0.00233. The third kappa shape index (κ3) is 5.50. The molecule has 0 aromatic heterocycles. The number of nitro groups is 1. The molecule has 1 aromatic carbocycles. The second-order valence-corrected chi connectivity index (χ2v) is 5.00. The van der Waals surface area contributed by atoms with Crippen LogP contribution in [-0.2, 0) is 9.53 Å². The minimum Gasteiger partial charge on any atom is -0.462 e. The number of carbonyl (C=O) groups is 1. The Kier molecular flexibility index (Phi) is 6.35. The summed E-state index contributed by atoms with van der Waals surface area (Å²) in [6.45, 7) is 5.23. The quantitative estimate of drug-likeness (QED) is 0.360. The molecule has 0 aliphatic rings. The highest BCUT2D eigenvalue weighted by Crippen LogP contribution is 2.22. The Morgan fingerprint density at radius 1 is 1.30 bits per heavy atom. The monoisotopic (exact) mass is 300 g/mol. The third-order valence-corrected chi connectivity index (χ3v) is 3.09. The first-order valence-electron chi connectivity index (χ1n) is 6.02. The van der Waals surface area contributed by atoms with Crippen molar-refractivity contribution in [2.24, 2.45) is 0 Å². The van der Waals surface area contributed by atoms with Crippen LogP contribution < -0.4 is 9.61 Å². The second-order valence-electron chi connectivity index (χ2n) is 4.31. The summed E-state index contributed by atoms with van der Waals surface area (Å²) in [6.07, 6.45) is -0.161. The Morgan fingerprint density at radius 2 is 1.90 bits per heavy atom. The molecule has 0 amide bonds. The van der Waals surface area contributed by atoms with Gasteiger partial charge in [0, 0.05) is 12.1 Å². The van der Waals surface area contributed by atoms with Gasteiger partial charge in [-0.3, -0.25) is 20.0 Å². The predicted molar refractivity (Wildman–Crippen MR) is 75.9 cm³/mol. The topological polar surface area (TPSA) is 90.7 Å². The minimum atomic E-state index is -0.478. The van der Waals surface area contributed by atoms with Gasteiger partial charge in [-0.05, 0) is 32.9 Å². The molecule has 1 aromatic rings. The highest BCUT2D eigenvalue weighted by atomic mass is 31.1. The fourth-order valence-corrected chi connectivity index (χ4v) is 1.81. The Labute approximate surface area is 118 Å². The molecule has 0 heterocycles. The molecule has 1 N–H and O–H groups in total. The first kappa shape index (κ1) is 16.3. The van der Waals surface area contributed by atoms with Crippen molar-refractivity contribution in [1.82, 2.24) is 5.09 Å². The van der Waals surface area contributed by atoms with Crippen LogP contribution in [-0.4, -0.2) is 23.0 Å². The van der Waals surface area contributed by atoms with Gasteiger partial charge < -0.3 is 9.26 Å². The van der Waals surface area contributed by atoms with Crippen LogP contribution in [0.3, 0.4) is 0 Å². The third-order valence-electron chi connectivity index (χ3n) is 2.20. The molecule has 20 heavy (non-hydrogen) atoms. The first-order valence-corrected chi connectivity index (χ1v) is 6.93. The molecule has 0 radical (unpaired) electrons. The number of hydrogen-bond donors (Lipinski definition) is 1. The molecule has 0 spiro atoms. The molecule has 0 saturated carbocycles. The van der Waals surface area contributed by atoms with Crippen molar-refractivity contribution in [3.63, 3.8) is 0 Å². The molecule has 0 aliphatic heterocycles. The van der Waals surface area contributed by atoms with Gasteiger partial charge >= 0.3 is 5.97 Å². The normalized spacial score (nSPS) is 12.6. The smallest absolute Gasteiger partial charge is 0.323 e. The lowest BCUT2D eigenvalue weighted by Crippen LogP contribution is -2.32. The number of carbonyl (C=O) groups excluding carboxylic acids is 1. The molecule has 7 nitrogen and oxygen atoms in total. The van der Waals surface area contributed by atoms with Gasteiger partial charge in [-0.25, -0.2) is 0 Å². The number of nitro benzene ring substituents is 1. The largest absolute Gasteiger partial charge is 0.462 e. The van der Waals surface area contributed by atoms with E-state index in [0.717, 1.165) is 0 Å². The van der Waals surface area contributed by atoms with Gasteiger partial charge in [0.1, 0.15) is 20.7 Å². The molecule has 2 unspecified atom stereocenters. The highest BCUT2D eigenvalue weighted by Gasteiger charge is 2.15. The zero-order chi connectivity index (χ0) is 15.1. The van der Waals surface area contributed by atoms with Crippen molar-refractivity contribution in [3.05, 3.63) is 34.4 Å². The number of esters is 1. The summed E-state index contributed by atoms with van der Waals surface area (Å²) in [5, 5.41) is 13.4. The first-order chi connectivity index (χ1) is 9.40. The molecular weight excluding hydrogens is 283 g/mol. The van der Waals surface area contributed by atoms with Crippen LogP contribution >= 0.6 is 8.96 Å². The van der Waals surface area contributed by atoms with Gasteiger partial charge in [0.15, 0.2) is 0 Å². The molecule has 1 rings (SSSR count). The predicted octanol–water partition coefficient (Wildman–Crippen LogP) is 2.41. The number of rotatable bonds is 7. The average molecular weight is 300 g/mol. The molecule has 0 saturated heterocycles. The minimum absolute atomic E-state index is 0.00233. The van der Waals surface area contributed by atoms with E-state index in [4.69, 9.17) is 9.26 Å². The maximum Gasteiger partial charge on any atom is 0.323 e. The highest BCUT2D eigenvalue weighted by molar-refractivity contribution is 7.30. The molecule has 2 atom stereocenters. The van der Waals surface area contributed by atoms with E-state index in [0.29, 0.717) is 5.75 Å².